The van der Waals surface area contributed by atoms with Crippen LogP contribution < -0.4 is 11.0 Å². The first kappa shape index (κ1) is 15.5. The first-order valence-corrected chi connectivity index (χ1v) is 8.06. The molecule has 0 saturated carbocycles. The Morgan fingerprint density at radius 2 is 2.17 bits per heavy atom. The number of rotatable bonds is 4. The van der Waals surface area contributed by atoms with Crippen molar-refractivity contribution < 1.29 is 4.79 Å². The minimum Gasteiger partial charge on any atom is -0.309 e. The monoisotopic (exact) mass is 318 g/mol. The number of nitrogens with zero attached hydrogens (tertiary/aromatic N) is 5. The molecule has 23 heavy (non-hydrogen) atoms. The predicted molar refractivity (Wildman–Crippen MR) is 85.3 cm³/mol. The number of hydrogen-bond donors (Lipinski definition) is 1. The quantitative estimate of drug-likeness (QED) is 0.917. The summed E-state index contributed by atoms with van der Waals surface area (Å²) >= 11 is 0. The van der Waals surface area contributed by atoms with Crippen LogP contribution >= 0.6 is 0 Å². The molecule has 1 N–H and O–H groups in total. The second-order valence-corrected chi connectivity index (χ2v) is 6.12. The van der Waals surface area contributed by atoms with E-state index in [9.17, 15) is 9.59 Å². The van der Waals surface area contributed by atoms with E-state index in [1.54, 1.807) is 21.5 Å². The smallest absolute Gasteiger partial charge is 0.309 e. The molecule has 3 heterocycles. The van der Waals surface area contributed by atoms with E-state index in [1.165, 1.54) is 4.68 Å². The molecule has 1 amide bonds. The summed E-state index contributed by atoms with van der Waals surface area (Å²) < 4.78 is 4.67. The number of anilines is 1. The van der Waals surface area contributed by atoms with Gasteiger partial charge in [0.25, 0.3) is 0 Å². The molecular weight excluding hydrogens is 296 g/mol. The molecule has 8 nitrogen and oxygen atoms in total. The number of nitrogens with one attached hydrogen (secondary N) is 1. The van der Waals surface area contributed by atoms with Crippen LogP contribution in [0.15, 0.2) is 17.1 Å². The zero-order valence-corrected chi connectivity index (χ0v) is 13.5. The summed E-state index contributed by atoms with van der Waals surface area (Å²) in [5, 5.41) is 11.3. The van der Waals surface area contributed by atoms with E-state index in [0.717, 1.165) is 31.5 Å². The van der Waals surface area contributed by atoms with Gasteiger partial charge in [0, 0.05) is 25.1 Å². The fourth-order valence-corrected chi connectivity index (χ4v) is 2.87. The van der Waals surface area contributed by atoms with Crippen molar-refractivity contribution in [3.05, 3.63) is 28.6 Å². The van der Waals surface area contributed by atoms with Crippen LogP contribution in [0.4, 0.5) is 5.82 Å². The second kappa shape index (κ2) is 6.39. The molecule has 2 aromatic heterocycles. The number of fused-ring (bicyclic) bond motifs is 1. The van der Waals surface area contributed by atoms with Crippen LogP contribution in [0.2, 0.25) is 0 Å². The standard InChI is InChI=1S/C15H22N6O2/c1-11(2)21-12(7-8-16-21)17-14(22)10-20-15(23)19-9-5-3-4-6-13(19)18-20/h7-8,11H,3-6,9-10H2,1-2H3,(H,17,22). The molecule has 0 saturated heterocycles. The van der Waals surface area contributed by atoms with Gasteiger partial charge >= 0.3 is 5.69 Å². The normalized spacial score (nSPS) is 14.6. The Kier molecular flexibility index (Phi) is 4.31. The van der Waals surface area contributed by atoms with E-state index in [0.29, 0.717) is 12.4 Å². The molecule has 0 spiro atoms. The van der Waals surface area contributed by atoms with E-state index in [1.807, 2.05) is 13.8 Å². The molecule has 1 aliphatic heterocycles. The first-order valence-electron chi connectivity index (χ1n) is 8.06. The number of carbonyl (C=O) groups is 1. The fraction of sp³-hybridized carbons (Fsp3) is 0.600. The van der Waals surface area contributed by atoms with Crippen molar-refractivity contribution in [1.82, 2.24) is 24.1 Å². The second-order valence-electron chi connectivity index (χ2n) is 6.12. The SMILES string of the molecule is CC(C)n1nccc1NC(=O)Cn1nc2n(c1=O)CCCCC2. The number of aromatic nitrogens is 5. The van der Waals surface area contributed by atoms with E-state index in [2.05, 4.69) is 15.5 Å². The highest BCUT2D eigenvalue weighted by Gasteiger charge is 2.18. The lowest BCUT2D eigenvalue weighted by Crippen LogP contribution is -2.30. The van der Waals surface area contributed by atoms with Gasteiger partial charge in [-0.05, 0) is 26.7 Å². The van der Waals surface area contributed by atoms with Gasteiger partial charge in [-0.1, -0.05) is 6.42 Å². The summed E-state index contributed by atoms with van der Waals surface area (Å²) in [6.07, 6.45) is 5.57. The molecule has 0 fully saturated rings. The molecule has 0 radical (unpaired) electrons. The Labute approximate surface area is 134 Å². The van der Waals surface area contributed by atoms with Gasteiger partial charge in [0.2, 0.25) is 5.91 Å². The van der Waals surface area contributed by atoms with Crippen molar-refractivity contribution in [3.8, 4) is 0 Å². The number of aryl methyl sites for hydroxylation is 1. The zero-order valence-electron chi connectivity index (χ0n) is 13.5. The number of carbonyl (C=O) groups excluding carboxylic acids is 1. The largest absolute Gasteiger partial charge is 0.346 e. The highest BCUT2D eigenvalue weighted by atomic mass is 16.2. The van der Waals surface area contributed by atoms with Crippen molar-refractivity contribution in [2.45, 2.75) is 58.7 Å². The molecule has 124 valence electrons. The molecule has 8 heteroatoms. The third-order valence-electron chi connectivity index (χ3n) is 4.00. The average Bonchev–Trinajstić information content (AvgIpc) is 2.98. The van der Waals surface area contributed by atoms with Crippen molar-refractivity contribution in [1.29, 1.82) is 0 Å². The van der Waals surface area contributed by atoms with E-state index < -0.39 is 0 Å². The molecule has 1 aliphatic rings. The predicted octanol–water partition coefficient (Wildman–Crippen LogP) is 1.19. The van der Waals surface area contributed by atoms with Crippen LogP contribution in [0.1, 0.15) is 45.0 Å². The van der Waals surface area contributed by atoms with Crippen LogP contribution in [0.3, 0.4) is 0 Å². The Hall–Kier alpha value is -2.38. The lowest BCUT2D eigenvalue weighted by atomic mass is 10.2. The maximum absolute atomic E-state index is 12.3. The van der Waals surface area contributed by atoms with Gasteiger partial charge in [-0.25, -0.2) is 14.2 Å². The summed E-state index contributed by atoms with van der Waals surface area (Å²) in [7, 11) is 0. The lowest BCUT2D eigenvalue weighted by Gasteiger charge is -2.11. The van der Waals surface area contributed by atoms with Gasteiger partial charge in [-0.2, -0.15) is 10.2 Å². The van der Waals surface area contributed by atoms with Gasteiger partial charge in [0.1, 0.15) is 18.2 Å². The third kappa shape index (κ3) is 3.20. The summed E-state index contributed by atoms with van der Waals surface area (Å²) in [5.41, 5.74) is -0.200. The van der Waals surface area contributed by atoms with Gasteiger partial charge in [-0.3, -0.25) is 9.36 Å². The number of amides is 1. The van der Waals surface area contributed by atoms with Gasteiger partial charge in [-0.15, -0.1) is 0 Å². The van der Waals surface area contributed by atoms with E-state index >= 15 is 0 Å². The molecular formula is C15H22N6O2. The lowest BCUT2D eigenvalue weighted by molar-refractivity contribution is -0.117. The maximum Gasteiger partial charge on any atom is 0.346 e. The Morgan fingerprint density at radius 3 is 2.96 bits per heavy atom. The van der Waals surface area contributed by atoms with Crippen LogP contribution in [-0.4, -0.2) is 30.0 Å². The molecule has 0 atom stereocenters. The summed E-state index contributed by atoms with van der Waals surface area (Å²) in [4.78, 5) is 24.6. The van der Waals surface area contributed by atoms with Gasteiger partial charge < -0.3 is 5.32 Å². The van der Waals surface area contributed by atoms with Crippen LogP contribution in [0.5, 0.6) is 0 Å². The van der Waals surface area contributed by atoms with E-state index in [-0.39, 0.29) is 24.2 Å². The molecule has 0 unspecified atom stereocenters. The molecule has 0 aliphatic carbocycles. The van der Waals surface area contributed by atoms with Crippen molar-refractivity contribution in [2.75, 3.05) is 5.32 Å². The number of hydrogen-bond acceptors (Lipinski definition) is 4. The zero-order chi connectivity index (χ0) is 16.4. The minimum atomic E-state index is -0.275. The summed E-state index contributed by atoms with van der Waals surface area (Å²) in [6.45, 7) is 4.58. The highest BCUT2D eigenvalue weighted by molar-refractivity contribution is 5.89. The van der Waals surface area contributed by atoms with E-state index in [4.69, 9.17) is 0 Å². The van der Waals surface area contributed by atoms with Crippen LogP contribution in [-0.2, 0) is 24.3 Å². The van der Waals surface area contributed by atoms with Crippen molar-refractivity contribution >= 4 is 11.7 Å². The fourth-order valence-electron chi connectivity index (χ4n) is 2.87. The van der Waals surface area contributed by atoms with Crippen molar-refractivity contribution in [2.24, 2.45) is 0 Å². The first-order chi connectivity index (χ1) is 11.1. The Morgan fingerprint density at radius 1 is 1.35 bits per heavy atom. The average molecular weight is 318 g/mol. The highest BCUT2D eigenvalue weighted by Crippen LogP contribution is 2.13. The molecule has 0 aromatic carbocycles. The Bertz CT molecular complexity index is 754. The van der Waals surface area contributed by atoms with Crippen molar-refractivity contribution in [3.63, 3.8) is 0 Å². The summed E-state index contributed by atoms with van der Waals surface area (Å²) in [6, 6.07) is 1.88. The van der Waals surface area contributed by atoms with Gasteiger partial charge in [0.05, 0.1) is 6.20 Å². The molecule has 0 bridgehead atoms. The molecule has 3 rings (SSSR count). The topological polar surface area (TPSA) is 86.7 Å². The third-order valence-corrected chi connectivity index (χ3v) is 4.00. The van der Waals surface area contributed by atoms with Gasteiger partial charge in [0.15, 0.2) is 0 Å². The summed E-state index contributed by atoms with van der Waals surface area (Å²) in [5.74, 6) is 1.13. The van der Waals surface area contributed by atoms with Crippen LogP contribution in [0, 0.1) is 0 Å². The maximum atomic E-state index is 12.3. The Balaban J connectivity index is 1.73. The minimum absolute atomic E-state index is 0.0812. The molecule has 2 aromatic rings. The van der Waals surface area contributed by atoms with Crippen LogP contribution in [0.25, 0.3) is 0 Å².